The number of anilines is 1. The molecule has 0 N–H and O–H groups in total. The van der Waals surface area contributed by atoms with E-state index in [9.17, 15) is 4.79 Å². The molecule has 2 aliphatic heterocycles. The van der Waals surface area contributed by atoms with E-state index in [0.717, 1.165) is 41.3 Å². The summed E-state index contributed by atoms with van der Waals surface area (Å²) in [4.78, 5) is 25.8. The molecular formula is C19H24N4O4S. The third kappa shape index (κ3) is 3.68. The molecule has 1 atom stereocenters. The summed E-state index contributed by atoms with van der Waals surface area (Å²) in [6.07, 6.45) is 1.07. The van der Waals surface area contributed by atoms with Gasteiger partial charge in [-0.15, -0.1) is 0 Å². The van der Waals surface area contributed by atoms with E-state index in [2.05, 4.69) is 14.9 Å². The summed E-state index contributed by atoms with van der Waals surface area (Å²) in [7, 11) is 3.20. The van der Waals surface area contributed by atoms with E-state index >= 15 is 0 Å². The maximum atomic E-state index is 12.9. The van der Waals surface area contributed by atoms with E-state index in [4.69, 9.17) is 14.2 Å². The first-order valence-corrected chi connectivity index (χ1v) is 10.5. The third-order valence-electron chi connectivity index (χ3n) is 5.08. The molecule has 0 bridgehead atoms. The number of carbonyl (C=O) groups is 1. The number of hydrogen-bond donors (Lipinski definition) is 0. The Labute approximate surface area is 168 Å². The number of aromatic nitrogens is 2. The van der Waals surface area contributed by atoms with Crippen LogP contribution in [0.15, 0.2) is 18.5 Å². The first kappa shape index (κ1) is 19.1. The zero-order chi connectivity index (χ0) is 19.5. The zero-order valence-electron chi connectivity index (χ0n) is 16.1. The molecule has 4 rings (SSSR count). The van der Waals surface area contributed by atoms with Gasteiger partial charge in [0.15, 0.2) is 17.6 Å². The van der Waals surface area contributed by atoms with Gasteiger partial charge in [-0.2, -0.15) is 11.8 Å². The Morgan fingerprint density at radius 2 is 1.89 bits per heavy atom. The number of methoxy groups -OCH3 is 2. The summed E-state index contributed by atoms with van der Waals surface area (Å²) >= 11 is 1.88. The van der Waals surface area contributed by atoms with Crippen molar-refractivity contribution in [2.24, 2.45) is 0 Å². The van der Waals surface area contributed by atoms with Crippen molar-refractivity contribution in [2.75, 3.05) is 63.4 Å². The minimum absolute atomic E-state index is 0.0719. The molecular weight excluding hydrogens is 380 g/mol. The Balaban J connectivity index is 1.61. The number of fused-ring (bicyclic) bond motifs is 1. The smallest absolute Gasteiger partial charge is 0.253 e. The van der Waals surface area contributed by atoms with Crippen LogP contribution in [-0.2, 0) is 9.53 Å². The van der Waals surface area contributed by atoms with Crippen LogP contribution in [0.5, 0.6) is 11.5 Å². The molecule has 1 aromatic heterocycles. The summed E-state index contributed by atoms with van der Waals surface area (Å²) in [5.41, 5.74) is 0.769. The Hall–Kier alpha value is -2.26. The molecule has 1 aromatic carbocycles. The molecule has 0 aliphatic carbocycles. The predicted octanol–water partition coefficient (Wildman–Crippen LogP) is 1.43. The van der Waals surface area contributed by atoms with Crippen molar-refractivity contribution < 1.29 is 19.0 Å². The lowest BCUT2D eigenvalue weighted by Gasteiger charge is -2.36. The molecule has 28 heavy (non-hydrogen) atoms. The second kappa shape index (κ2) is 8.40. The van der Waals surface area contributed by atoms with Gasteiger partial charge in [0.2, 0.25) is 0 Å². The first-order chi connectivity index (χ1) is 13.7. The number of morpholine rings is 1. The van der Waals surface area contributed by atoms with Gasteiger partial charge in [-0.05, 0) is 6.07 Å². The fraction of sp³-hybridized carbons (Fsp3) is 0.526. The monoisotopic (exact) mass is 404 g/mol. The molecule has 2 saturated heterocycles. The van der Waals surface area contributed by atoms with Crippen LogP contribution in [0.2, 0.25) is 0 Å². The Morgan fingerprint density at radius 1 is 1.14 bits per heavy atom. The van der Waals surface area contributed by atoms with Gasteiger partial charge < -0.3 is 24.0 Å². The fourth-order valence-electron chi connectivity index (χ4n) is 3.60. The van der Waals surface area contributed by atoms with Gasteiger partial charge >= 0.3 is 0 Å². The summed E-state index contributed by atoms with van der Waals surface area (Å²) < 4.78 is 16.6. The highest BCUT2D eigenvalue weighted by atomic mass is 32.2. The van der Waals surface area contributed by atoms with Crippen molar-refractivity contribution in [1.82, 2.24) is 14.9 Å². The van der Waals surface area contributed by atoms with Crippen molar-refractivity contribution >= 4 is 34.4 Å². The van der Waals surface area contributed by atoms with Gasteiger partial charge in [-0.3, -0.25) is 4.79 Å². The zero-order valence-corrected chi connectivity index (χ0v) is 16.9. The number of carbonyl (C=O) groups excluding carboxylic acids is 1. The lowest BCUT2D eigenvalue weighted by molar-refractivity contribution is -0.144. The highest BCUT2D eigenvalue weighted by Gasteiger charge is 2.32. The third-order valence-corrected chi connectivity index (χ3v) is 6.03. The number of hydrogen-bond acceptors (Lipinski definition) is 8. The van der Waals surface area contributed by atoms with E-state index in [1.165, 1.54) is 6.33 Å². The van der Waals surface area contributed by atoms with Crippen LogP contribution in [0.3, 0.4) is 0 Å². The van der Waals surface area contributed by atoms with Crippen LogP contribution in [0.25, 0.3) is 10.9 Å². The van der Waals surface area contributed by atoms with Crippen LogP contribution in [-0.4, -0.2) is 85.4 Å². The number of ether oxygens (including phenoxy) is 3. The van der Waals surface area contributed by atoms with Gasteiger partial charge in [0.05, 0.1) is 32.9 Å². The van der Waals surface area contributed by atoms with Crippen LogP contribution in [0.1, 0.15) is 0 Å². The number of benzene rings is 1. The van der Waals surface area contributed by atoms with E-state index in [-0.39, 0.29) is 5.91 Å². The van der Waals surface area contributed by atoms with Crippen molar-refractivity contribution in [2.45, 2.75) is 6.10 Å². The van der Waals surface area contributed by atoms with Gasteiger partial charge in [-0.25, -0.2) is 9.97 Å². The van der Waals surface area contributed by atoms with Crippen LogP contribution >= 0.6 is 11.8 Å². The van der Waals surface area contributed by atoms with Gasteiger partial charge in [-0.1, -0.05) is 0 Å². The highest BCUT2D eigenvalue weighted by molar-refractivity contribution is 7.99. The predicted molar refractivity (Wildman–Crippen MR) is 109 cm³/mol. The van der Waals surface area contributed by atoms with Gasteiger partial charge in [0.1, 0.15) is 12.1 Å². The second-order valence-corrected chi connectivity index (χ2v) is 7.89. The van der Waals surface area contributed by atoms with Crippen molar-refractivity contribution in [3.63, 3.8) is 0 Å². The number of rotatable bonds is 4. The van der Waals surface area contributed by atoms with Crippen molar-refractivity contribution in [3.8, 4) is 11.5 Å². The maximum Gasteiger partial charge on any atom is 0.253 e. The molecule has 3 heterocycles. The van der Waals surface area contributed by atoms with Crippen LogP contribution in [0.4, 0.5) is 5.82 Å². The molecule has 2 fully saturated rings. The Bertz CT molecular complexity index is 859. The molecule has 1 unspecified atom stereocenters. The largest absolute Gasteiger partial charge is 0.493 e. The molecule has 0 radical (unpaired) electrons. The molecule has 150 valence electrons. The molecule has 1 amide bonds. The molecule has 0 spiro atoms. The maximum absolute atomic E-state index is 12.9. The van der Waals surface area contributed by atoms with Gasteiger partial charge in [0.25, 0.3) is 5.91 Å². The summed E-state index contributed by atoms with van der Waals surface area (Å²) in [6.45, 7) is 3.20. The average molecular weight is 404 g/mol. The van der Waals surface area contributed by atoms with Crippen molar-refractivity contribution in [3.05, 3.63) is 18.5 Å². The second-order valence-electron chi connectivity index (χ2n) is 6.66. The lowest BCUT2D eigenvalue weighted by atomic mass is 10.1. The van der Waals surface area contributed by atoms with Gasteiger partial charge in [0, 0.05) is 42.6 Å². The van der Waals surface area contributed by atoms with Crippen molar-refractivity contribution in [1.29, 1.82) is 0 Å². The normalized spacial score (nSPS) is 20.3. The number of nitrogens with zero attached hydrogens (tertiary/aromatic N) is 4. The molecule has 2 aliphatic rings. The lowest BCUT2D eigenvalue weighted by Crippen LogP contribution is -2.52. The molecule has 0 saturated carbocycles. The summed E-state index contributed by atoms with van der Waals surface area (Å²) in [6, 6.07) is 3.73. The Morgan fingerprint density at radius 3 is 2.64 bits per heavy atom. The highest BCUT2D eigenvalue weighted by Crippen LogP contribution is 2.35. The minimum atomic E-state index is -0.470. The molecule has 8 nitrogen and oxygen atoms in total. The SMILES string of the molecule is COc1cc2ncnc(N3CCOC(C(=O)N4CCSCC4)C3)c2cc1OC. The standard InChI is InChI=1S/C19H24N4O4S/c1-25-15-9-13-14(10-16(15)26-2)20-12-21-18(13)23-3-6-27-17(11-23)19(24)22-4-7-28-8-5-22/h9-10,12,17H,3-8,11H2,1-2H3. The molecule has 9 heteroatoms. The first-order valence-electron chi connectivity index (χ1n) is 9.31. The van der Waals surface area contributed by atoms with E-state index < -0.39 is 6.10 Å². The minimum Gasteiger partial charge on any atom is -0.493 e. The topological polar surface area (TPSA) is 77.0 Å². The number of thioether (sulfide) groups is 1. The summed E-state index contributed by atoms with van der Waals surface area (Å²) in [5.74, 6) is 4.07. The van der Waals surface area contributed by atoms with E-state index in [0.29, 0.717) is 31.2 Å². The Kier molecular flexibility index (Phi) is 5.72. The summed E-state index contributed by atoms with van der Waals surface area (Å²) in [5, 5.41) is 0.864. The average Bonchev–Trinajstić information content (AvgIpc) is 2.77. The van der Waals surface area contributed by atoms with Crippen LogP contribution < -0.4 is 14.4 Å². The van der Waals surface area contributed by atoms with E-state index in [1.54, 1.807) is 14.2 Å². The quantitative estimate of drug-likeness (QED) is 0.758. The molecule has 2 aromatic rings. The van der Waals surface area contributed by atoms with E-state index in [1.807, 2.05) is 28.8 Å². The number of amides is 1. The van der Waals surface area contributed by atoms with Crippen LogP contribution in [0, 0.1) is 0 Å². The fourth-order valence-corrected chi connectivity index (χ4v) is 4.50.